The Hall–Kier alpha value is -4.70. The van der Waals surface area contributed by atoms with Gasteiger partial charge >= 0.3 is 0 Å². The molecule has 6 aromatic carbocycles. The highest BCUT2D eigenvalue weighted by Gasteiger charge is 2.28. The maximum Gasteiger partial charge on any atom is 0.236 e. The molecule has 0 heterocycles. The third-order valence-corrected chi connectivity index (χ3v) is 8.27. The molecule has 0 radical (unpaired) electrons. The van der Waals surface area contributed by atoms with E-state index >= 15 is 0 Å². The van der Waals surface area contributed by atoms with Gasteiger partial charge in [-0.3, -0.25) is 9.59 Å². The Balaban J connectivity index is 1.36. The van der Waals surface area contributed by atoms with Gasteiger partial charge in [0.15, 0.2) is 0 Å². The molecule has 2 N–H and O–H groups in total. The molecule has 0 unspecified atom stereocenters. The van der Waals surface area contributed by atoms with Crippen LogP contribution in [0, 0.1) is 5.92 Å². The van der Waals surface area contributed by atoms with Crippen molar-refractivity contribution in [3.8, 4) is 0 Å². The van der Waals surface area contributed by atoms with E-state index in [0.29, 0.717) is 6.42 Å². The molecule has 0 aliphatic rings. The van der Waals surface area contributed by atoms with Crippen LogP contribution in [0.1, 0.15) is 45.4 Å². The van der Waals surface area contributed by atoms with Crippen LogP contribution < -0.4 is 10.6 Å². The lowest BCUT2D eigenvalue weighted by atomic mass is 9.96. The molecule has 0 aromatic heterocycles. The number of benzene rings is 6. The Kier molecular flexibility index (Phi) is 8.14. The number of fused-ring (bicyclic) bond motifs is 4. The zero-order valence-electron chi connectivity index (χ0n) is 24.0. The first-order valence-corrected chi connectivity index (χ1v) is 15.1. The summed E-state index contributed by atoms with van der Waals surface area (Å²) in [4.78, 5) is 28.2. The quantitative estimate of drug-likeness (QED) is 0.101. The number of hydrogen-bond acceptors (Lipinski definition) is 2. The monoisotopic (exact) mass is 552 g/mol. The summed E-state index contributed by atoms with van der Waals surface area (Å²) >= 11 is 0. The van der Waals surface area contributed by atoms with Gasteiger partial charge in [0, 0.05) is 21.5 Å². The second kappa shape index (κ2) is 12.4. The second-order valence-electron chi connectivity index (χ2n) is 11.1. The number of carbonyl (C=O) groups excluding carboxylic acids is 2. The zero-order valence-corrected chi connectivity index (χ0v) is 24.0. The van der Waals surface area contributed by atoms with E-state index in [0.717, 1.165) is 86.6 Å². The molecule has 210 valence electrons. The lowest BCUT2D eigenvalue weighted by Crippen LogP contribution is -2.34. The first kappa shape index (κ1) is 27.5. The van der Waals surface area contributed by atoms with Gasteiger partial charge in [-0.05, 0) is 40.1 Å². The number of hydrogen-bond donors (Lipinski definition) is 2. The highest BCUT2D eigenvalue weighted by molar-refractivity contribution is 6.21. The largest absolute Gasteiger partial charge is 0.324 e. The van der Waals surface area contributed by atoms with Gasteiger partial charge in [0.2, 0.25) is 11.8 Å². The van der Waals surface area contributed by atoms with Crippen LogP contribution >= 0.6 is 0 Å². The Morgan fingerprint density at radius 3 is 1.26 bits per heavy atom. The van der Waals surface area contributed by atoms with Crippen molar-refractivity contribution in [2.45, 2.75) is 45.4 Å². The van der Waals surface area contributed by atoms with Crippen LogP contribution in [-0.4, -0.2) is 11.8 Å². The molecule has 0 saturated carbocycles. The van der Waals surface area contributed by atoms with E-state index in [1.165, 1.54) is 0 Å². The summed E-state index contributed by atoms with van der Waals surface area (Å²) in [6, 6.07) is 36.6. The molecule has 0 bridgehead atoms. The second-order valence-corrected chi connectivity index (χ2v) is 11.1. The van der Waals surface area contributed by atoms with Gasteiger partial charge in [-0.25, -0.2) is 0 Å². The first-order chi connectivity index (χ1) is 20.6. The molecule has 0 aliphatic heterocycles. The summed E-state index contributed by atoms with van der Waals surface area (Å²) in [6.45, 7) is 2.19. The molecule has 2 amide bonds. The topological polar surface area (TPSA) is 58.2 Å². The van der Waals surface area contributed by atoms with Crippen LogP contribution in [0.4, 0.5) is 11.4 Å². The molecule has 0 spiro atoms. The minimum atomic E-state index is -0.831. The maximum atomic E-state index is 14.1. The predicted molar refractivity (Wildman–Crippen MR) is 177 cm³/mol. The molecule has 6 aromatic rings. The zero-order chi connectivity index (χ0) is 28.9. The lowest BCUT2D eigenvalue weighted by Gasteiger charge is -2.20. The van der Waals surface area contributed by atoms with Crippen molar-refractivity contribution >= 4 is 66.3 Å². The van der Waals surface area contributed by atoms with Crippen molar-refractivity contribution in [3.05, 3.63) is 109 Å². The third kappa shape index (κ3) is 5.58. The van der Waals surface area contributed by atoms with Crippen LogP contribution in [0.5, 0.6) is 0 Å². The molecule has 0 saturated heterocycles. The average Bonchev–Trinajstić information content (AvgIpc) is 3.02. The molecule has 0 aliphatic carbocycles. The normalized spacial score (nSPS) is 11.5. The van der Waals surface area contributed by atoms with E-state index in [1.54, 1.807) is 0 Å². The van der Waals surface area contributed by atoms with E-state index < -0.39 is 5.92 Å². The Morgan fingerprint density at radius 1 is 0.524 bits per heavy atom. The summed E-state index contributed by atoms with van der Waals surface area (Å²) in [5.74, 6) is -1.37. The van der Waals surface area contributed by atoms with E-state index in [2.05, 4.69) is 54.0 Å². The highest BCUT2D eigenvalue weighted by atomic mass is 16.2. The fourth-order valence-corrected chi connectivity index (χ4v) is 6.05. The number of unbranched alkanes of at least 4 members (excludes halogenated alkanes) is 4. The number of nitrogens with one attached hydrogen (secondary N) is 2. The SMILES string of the molecule is CCCCCCCC(C(=O)Nc1c2ccccc2cc2ccccc12)C(=O)Nc1c2ccccc2cc2ccccc12. The molecular weight excluding hydrogens is 516 g/mol. The number of amides is 2. The Bertz CT molecular complexity index is 1670. The van der Waals surface area contributed by atoms with Crippen molar-refractivity contribution in [2.24, 2.45) is 5.92 Å². The molecule has 0 atom stereocenters. The van der Waals surface area contributed by atoms with Gasteiger partial charge in [0.05, 0.1) is 11.4 Å². The van der Waals surface area contributed by atoms with Gasteiger partial charge in [-0.2, -0.15) is 0 Å². The average molecular weight is 553 g/mol. The Morgan fingerprint density at radius 2 is 0.881 bits per heavy atom. The van der Waals surface area contributed by atoms with Crippen molar-refractivity contribution in [1.82, 2.24) is 0 Å². The summed E-state index contributed by atoms with van der Waals surface area (Å²) in [6.07, 6.45) is 5.72. The number of anilines is 2. The maximum absolute atomic E-state index is 14.1. The molecule has 6 rings (SSSR count). The van der Waals surface area contributed by atoms with E-state index in [1.807, 2.05) is 72.8 Å². The smallest absolute Gasteiger partial charge is 0.236 e. The van der Waals surface area contributed by atoms with Crippen molar-refractivity contribution in [2.75, 3.05) is 10.6 Å². The van der Waals surface area contributed by atoms with Crippen molar-refractivity contribution in [1.29, 1.82) is 0 Å². The minimum absolute atomic E-state index is 0.269. The fraction of sp³-hybridized carbons (Fsp3) is 0.211. The van der Waals surface area contributed by atoms with Gasteiger partial charge in [-0.1, -0.05) is 136 Å². The van der Waals surface area contributed by atoms with Crippen LogP contribution in [0.15, 0.2) is 109 Å². The first-order valence-electron chi connectivity index (χ1n) is 15.1. The summed E-state index contributed by atoms with van der Waals surface area (Å²) in [5.41, 5.74) is 1.51. The highest BCUT2D eigenvalue weighted by Crippen LogP contribution is 2.35. The molecule has 4 nitrogen and oxygen atoms in total. The molecule has 0 fully saturated rings. The summed E-state index contributed by atoms with van der Waals surface area (Å²) < 4.78 is 0. The third-order valence-electron chi connectivity index (χ3n) is 8.27. The van der Waals surface area contributed by atoms with Gasteiger partial charge in [-0.15, -0.1) is 0 Å². The number of carbonyl (C=O) groups is 2. The molecular formula is C38H36N2O2. The predicted octanol–water partition coefficient (Wildman–Crippen LogP) is 9.85. The lowest BCUT2D eigenvalue weighted by molar-refractivity contribution is -0.129. The van der Waals surface area contributed by atoms with E-state index in [-0.39, 0.29) is 11.8 Å². The molecule has 4 heteroatoms. The number of rotatable bonds is 10. The summed E-state index contributed by atoms with van der Waals surface area (Å²) in [7, 11) is 0. The van der Waals surface area contributed by atoms with E-state index in [4.69, 9.17) is 0 Å². The van der Waals surface area contributed by atoms with Gasteiger partial charge in [0.25, 0.3) is 0 Å². The van der Waals surface area contributed by atoms with Gasteiger partial charge in [0.1, 0.15) is 5.92 Å². The standard InChI is InChI=1S/C38H36N2O2/c1-2-3-4-5-6-23-34(37(41)39-35-30-19-11-7-15-26(30)24-27-16-8-12-20-31(27)35)38(42)40-36-32-21-13-9-17-28(32)25-29-18-10-14-22-33(29)36/h7-22,24-25,34H,2-6,23H2,1H3,(H,39,41)(H,40,42). The van der Waals surface area contributed by atoms with Crippen LogP contribution in [0.3, 0.4) is 0 Å². The van der Waals surface area contributed by atoms with Crippen LogP contribution in [0.25, 0.3) is 43.1 Å². The minimum Gasteiger partial charge on any atom is -0.324 e. The fourth-order valence-electron chi connectivity index (χ4n) is 6.05. The van der Waals surface area contributed by atoms with Crippen LogP contribution in [-0.2, 0) is 9.59 Å². The Labute approximate surface area is 246 Å². The molecule has 42 heavy (non-hydrogen) atoms. The van der Waals surface area contributed by atoms with Crippen LogP contribution in [0.2, 0.25) is 0 Å². The van der Waals surface area contributed by atoms with Gasteiger partial charge < -0.3 is 10.6 Å². The summed E-state index contributed by atoms with van der Waals surface area (Å²) in [5, 5.41) is 14.5. The van der Waals surface area contributed by atoms with Crippen molar-refractivity contribution in [3.63, 3.8) is 0 Å². The van der Waals surface area contributed by atoms with Crippen molar-refractivity contribution < 1.29 is 9.59 Å². The van der Waals surface area contributed by atoms with E-state index in [9.17, 15) is 9.59 Å².